The van der Waals surface area contributed by atoms with Gasteiger partial charge in [-0.05, 0) is 50.2 Å². The van der Waals surface area contributed by atoms with Crippen molar-refractivity contribution in [3.8, 4) is 0 Å². The summed E-state index contributed by atoms with van der Waals surface area (Å²) in [4.78, 5) is 37.6. The molecule has 5 rings (SSSR count). The summed E-state index contributed by atoms with van der Waals surface area (Å²) < 4.78 is 8.40. The Kier molecular flexibility index (Phi) is 5.74. The van der Waals surface area contributed by atoms with Crippen LogP contribution >= 0.6 is 0 Å². The van der Waals surface area contributed by atoms with E-state index >= 15 is 0 Å². The summed E-state index contributed by atoms with van der Waals surface area (Å²) in [6, 6.07) is 20.5. The fourth-order valence-electron chi connectivity index (χ4n) is 4.25. The highest BCUT2D eigenvalue weighted by molar-refractivity contribution is 6.10. The second kappa shape index (κ2) is 9.02. The predicted molar refractivity (Wildman–Crippen MR) is 133 cm³/mol. The molecule has 0 aliphatic rings. The smallest absolute Gasteiger partial charge is 0.328 e. The molecule has 0 aliphatic carbocycles. The highest BCUT2D eigenvalue weighted by atomic mass is 16.5. The van der Waals surface area contributed by atoms with Gasteiger partial charge in [-0.2, -0.15) is 4.68 Å². The van der Waals surface area contributed by atoms with E-state index in [2.05, 4.69) is 39.3 Å². The molecule has 2 aromatic heterocycles. The molecule has 0 saturated carbocycles. The van der Waals surface area contributed by atoms with Gasteiger partial charge < -0.3 is 14.6 Å². The second-order valence-corrected chi connectivity index (χ2v) is 8.18. The largest absolute Gasteiger partial charge is 0.451 e. The molecule has 1 amide bonds. The maximum absolute atomic E-state index is 12.7. The van der Waals surface area contributed by atoms with Gasteiger partial charge in [-0.15, -0.1) is 5.10 Å². The van der Waals surface area contributed by atoms with Crippen LogP contribution in [-0.2, 0) is 27.4 Å². The third kappa shape index (κ3) is 4.12. The van der Waals surface area contributed by atoms with Gasteiger partial charge >= 0.3 is 5.97 Å². The number of hydrogen-bond acceptors (Lipinski definition) is 6. The third-order valence-electron chi connectivity index (χ3n) is 5.94. The number of amides is 1. The molecular formula is C26H23N5O4. The minimum atomic E-state index is -1.07. The standard InChI is InChI=1S/C26H23N5O4/c1-3-30-22-11-7-5-8-18(22)20-14-17(12-13-23(20)30)27-25(33)16(2)35-24(32)15-31-26(34)19-9-4-6-10-21(19)28-29-31/h4-14,16H,3,15H2,1-2H3,(H,27,33). The van der Waals surface area contributed by atoms with E-state index in [4.69, 9.17) is 4.74 Å². The highest BCUT2D eigenvalue weighted by Crippen LogP contribution is 2.31. The molecule has 0 bridgehead atoms. The minimum absolute atomic E-state index is 0.348. The molecule has 0 aliphatic heterocycles. The number of nitrogens with one attached hydrogen (secondary N) is 1. The zero-order valence-corrected chi connectivity index (χ0v) is 19.3. The number of hydrogen-bond donors (Lipinski definition) is 1. The summed E-state index contributed by atoms with van der Waals surface area (Å²) >= 11 is 0. The maximum atomic E-state index is 12.7. The summed E-state index contributed by atoms with van der Waals surface area (Å²) in [5.74, 6) is -1.24. The molecular weight excluding hydrogens is 446 g/mol. The van der Waals surface area contributed by atoms with Crippen LogP contribution < -0.4 is 10.9 Å². The van der Waals surface area contributed by atoms with E-state index in [1.807, 2.05) is 30.3 Å². The molecule has 1 unspecified atom stereocenters. The van der Waals surface area contributed by atoms with Crippen molar-refractivity contribution >= 4 is 50.3 Å². The van der Waals surface area contributed by atoms with Crippen molar-refractivity contribution in [2.75, 3.05) is 5.32 Å². The van der Waals surface area contributed by atoms with Crippen LogP contribution in [0.5, 0.6) is 0 Å². The first-order chi connectivity index (χ1) is 17.0. The zero-order chi connectivity index (χ0) is 24.5. The van der Waals surface area contributed by atoms with Crippen molar-refractivity contribution in [1.82, 2.24) is 19.6 Å². The number of anilines is 1. The molecule has 0 radical (unpaired) electrons. The number of benzene rings is 3. The SMILES string of the molecule is CCn1c2ccccc2c2cc(NC(=O)C(C)OC(=O)Cn3nnc4ccccc4c3=O)ccc21. The molecule has 5 aromatic rings. The lowest BCUT2D eigenvalue weighted by atomic mass is 10.1. The van der Waals surface area contributed by atoms with Crippen LogP contribution in [0.4, 0.5) is 5.69 Å². The van der Waals surface area contributed by atoms with Gasteiger partial charge in [0.15, 0.2) is 6.10 Å². The molecule has 1 N–H and O–H groups in total. The topological polar surface area (TPSA) is 108 Å². The van der Waals surface area contributed by atoms with Gasteiger partial charge in [0.2, 0.25) is 0 Å². The molecule has 35 heavy (non-hydrogen) atoms. The Labute approximate surface area is 199 Å². The van der Waals surface area contributed by atoms with E-state index in [1.165, 1.54) is 6.92 Å². The molecule has 176 valence electrons. The average molecular weight is 470 g/mol. The van der Waals surface area contributed by atoms with E-state index in [1.54, 1.807) is 24.3 Å². The molecule has 2 heterocycles. The van der Waals surface area contributed by atoms with Gasteiger partial charge in [-0.1, -0.05) is 35.5 Å². The van der Waals surface area contributed by atoms with E-state index in [0.29, 0.717) is 16.6 Å². The first-order valence-corrected chi connectivity index (χ1v) is 11.3. The Balaban J connectivity index is 1.29. The minimum Gasteiger partial charge on any atom is -0.451 e. The van der Waals surface area contributed by atoms with E-state index in [0.717, 1.165) is 33.0 Å². The first kappa shape index (κ1) is 22.3. The van der Waals surface area contributed by atoms with Crippen molar-refractivity contribution in [2.24, 2.45) is 0 Å². The van der Waals surface area contributed by atoms with Crippen molar-refractivity contribution in [2.45, 2.75) is 33.0 Å². The van der Waals surface area contributed by atoms with Crippen molar-refractivity contribution in [1.29, 1.82) is 0 Å². The summed E-state index contributed by atoms with van der Waals surface area (Å²) in [5.41, 5.74) is 2.79. The Morgan fingerprint density at radius 1 is 0.971 bits per heavy atom. The lowest BCUT2D eigenvalue weighted by Crippen LogP contribution is -2.34. The first-order valence-electron chi connectivity index (χ1n) is 11.3. The van der Waals surface area contributed by atoms with Crippen LogP contribution in [0.3, 0.4) is 0 Å². The molecule has 3 aromatic carbocycles. The summed E-state index contributed by atoms with van der Waals surface area (Å²) in [6.07, 6.45) is -1.07. The number of carbonyl (C=O) groups is 2. The summed E-state index contributed by atoms with van der Waals surface area (Å²) in [6.45, 7) is 3.95. The van der Waals surface area contributed by atoms with Crippen molar-refractivity contribution in [3.05, 3.63) is 77.1 Å². The fraction of sp³-hybridized carbons (Fsp3) is 0.192. The van der Waals surface area contributed by atoms with Crippen LogP contribution in [0.2, 0.25) is 0 Å². The number of nitrogens with zero attached hydrogens (tertiary/aromatic N) is 4. The van der Waals surface area contributed by atoms with Crippen molar-refractivity contribution < 1.29 is 14.3 Å². The maximum Gasteiger partial charge on any atom is 0.328 e. The molecule has 9 heteroatoms. The van der Waals surface area contributed by atoms with Crippen LogP contribution in [-0.4, -0.2) is 37.5 Å². The number of esters is 1. The van der Waals surface area contributed by atoms with Crippen LogP contribution in [0.1, 0.15) is 13.8 Å². The lowest BCUT2D eigenvalue weighted by Gasteiger charge is -2.14. The van der Waals surface area contributed by atoms with E-state index in [-0.39, 0.29) is 0 Å². The van der Waals surface area contributed by atoms with E-state index < -0.39 is 30.1 Å². The molecule has 0 spiro atoms. The number of para-hydroxylation sites is 1. The quantitative estimate of drug-likeness (QED) is 0.382. The van der Waals surface area contributed by atoms with Gasteiger partial charge in [-0.3, -0.25) is 14.4 Å². The lowest BCUT2D eigenvalue weighted by molar-refractivity contribution is -0.154. The fourth-order valence-corrected chi connectivity index (χ4v) is 4.25. The molecule has 9 nitrogen and oxygen atoms in total. The Hall–Kier alpha value is -4.53. The molecule has 0 fully saturated rings. The van der Waals surface area contributed by atoms with E-state index in [9.17, 15) is 14.4 Å². The average Bonchev–Trinajstić information content (AvgIpc) is 3.19. The zero-order valence-electron chi connectivity index (χ0n) is 19.3. The Morgan fingerprint density at radius 2 is 1.69 bits per heavy atom. The van der Waals surface area contributed by atoms with Crippen LogP contribution in [0, 0.1) is 0 Å². The van der Waals surface area contributed by atoms with Crippen molar-refractivity contribution in [3.63, 3.8) is 0 Å². The van der Waals surface area contributed by atoms with Gasteiger partial charge in [0.05, 0.1) is 5.39 Å². The second-order valence-electron chi connectivity index (χ2n) is 8.18. The number of rotatable bonds is 6. The Bertz CT molecular complexity index is 1650. The van der Waals surface area contributed by atoms with Gasteiger partial charge in [0.1, 0.15) is 12.1 Å². The number of aryl methyl sites for hydroxylation is 1. The normalized spacial score (nSPS) is 12.2. The highest BCUT2D eigenvalue weighted by Gasteiger charge is 2.20. The summed E-state index contributed by atoms with van der Waals surface area (Å²) in [5, 5.41) is 13.0. The van der Waals surface area contributed by atoms with Crippen LogP contribution in [0.15, 0.2) is 71.5 Å². The van der Waals surface area contributed by atoms with Crippen LogP contribution in [0.25, 0.3) is 32.7 Å². The van der Waals surface area contributed by atoms with Gasteiger partial charge in [0.25, 0.3) is 11.5 Å². The predicted octanol–water partition coefficient (Wildman–Crippen LogP) is 3.49. The number of ether oxygens (including phenoxy) is 1. The summed E-state index contributed by atoms with van der Waals surface area (Å²) in [7, 11) is 0. The number of carbonyl (C=O) groups excluding carboxylic acids is 2. The third-order valence-corrected chi connectivity index (χ3v) is 5.94. The monoisotopic (exact) mass is 469 g/mol. The van der Waals surface area contributed by atoms with Gasteiger partial charge in [-0.25, -0.2) is 0 Å². The molecule has 0 saturated heterocycles. The molecule has 1 atom stereocenters. The number of fused-ring (bicyclic) bond motifs is 4. The van der Waals surface area contributed by atoms with Gasteiger partial charge in [0, 0.05) is 34.0 Å². The number of aromatic nitrogens is 4. The Morgan fingerprint density at radius 3 is 2.49 bits per heavy atom.